The Labute approximate surface area is 135 Å². The zero-order valence-electron chi connectivity index (χ0n) is 13.2. The van der Waals surface area contributed by atoms with Gasteiger partial charge in [0.1, 0.15) is 5.70 Å². The first-order chi connectivity index (χ1) is 11.1. The van der Waals surface area contributed by atoms with Crippen molar-refractivity contribution in [3.8, 4) is 0 Å². The minimum absolute atomic E-state index is 0.223. The van der Waals surface area contributed by atoms with Gasteiger partial charge in [0.25, 0.3) is 11.8 Å². The first-order valence-electron chi connectivity index (χ1n) is 7.74. The number of rotatable bonds is 4. The van der Waals surface area contributed by atoms with Crippen LogP contribution in [0.4, 0.5) is 0 Å². The van der Waals surface area contributed by atoms with Crippen LogP contribution in [0.15, 0.2) is 42.6 Å². The molecule has 2 amide bonds. The van der Waals surface area contributed by atoms with Crippen molar-refractivity contribution in [3.05, 3.63) is 53.7 Å². The minimum atomic E-state index is -0.250. The molecule has 0 atom stereocenters. The third-order valence-corrected chi connectivity index (χ3v) is 4.12. The van der Waals surface area contributed by atoms with E-state index in [1.165, 1.54) is 4.90 Å². The maximum atomic E-state index is 12.8. The van der Waals surface area contributed by atoms with Crippen LogP contribution in [-0.2, 0) is 14.3 Å². The summed E-state index contributed by atoms with van der Waals surface area (Å²) < 4.78 is 5.36. The molecule has 0 bridgehead atoms. The SMILES string of the molecule is C=CCN1C(=O)C(c2ccc(C)cc2)=C(N2CCOCC2)C1=O. The van der Waals surface area contributed by atoms with E-state index in [1.54, 1.807) is 6.08 Å². The normalized spacial score (nSPS) is 18.8. The van der Waals surface area contributed by atoms with Crippen LogP contribution in [0.3, 0.4) is 0 Å². The van der Waals surface area contributed by atoms with Gasteiger partial charge >= 0.3 is 0 Å². The Balaban J connectivity index is 2.07. The van der Waals surface area contributed by atoms with Crippen LogP contribution in [0.5, 0.6) is 0 Å². The molecule has 5 heteroatoms. The van der Waals surface area contributed by atoms with Crippen LogP contribution in [0.25, 0.3) is 5.57 Å². The molecule has 0 aromatic heterocycles. The molecule has 0 unspecified atom stereocenters. The Hall–Kier alpha value is -2.40. The molecule has 0 spiro atoms. The van der Waals surface area contributed by atoms with Crippen LogP contribution < -0.4 is 0 Å². The number of ether oxygens (including phenoxy) is 1. The Morgan fingerprint density at radius 1 is 1.13 bits per heavy atom. The third-order valence-electron chi connectivity index (χ3n) is 4.12. The molecule has 0 aliphatic carbocycles. The van der Waals surface area contributed by atoms with Gasteiger partial charge in [-0.05, 0) is 12.5 Å². The van der Waals surface area contributed by atoms with Crippen molar-refractivity contribution in [1.82, 2.24) is 9.80 Å². The monoisotopic (exact) mass is 312 g/mol. The summed E-state index contributed by atoms with van der Waals surface area (Å²) in [5, 5.41) is 0. The largest absolute Gasteiger partial charge is 0.378 e. The molecule has 2 aliphatic rings. The molecule has 1 saturated heterocycles. The van der Waals surface area contributed by atoms with Gasteiger partial charge in [-0.1, -0.05) is 35.9 Å². The summed E-state index contributed by atoms with van der Waals surface area (Å²) in [6, 6.07) is 7.70. The van der Waals surface area contributed by atoms with E-state index in [0.717, 1.165) is 11.1 Å². The molecular weight excluding hydrogens is 292 g/mol. The van der Waals surface area contributed by atoms with E-state index in [9.17, 15) is 9.59 Å². The highest BCUT2D eigenvalue weighted by Gasteiger charge is 2.41. The Morgan fingerprint density at radius 3 is 2.39 bits per heavy atom. The summed E-state index contributed by atoms with van der Waals surface area (Å²) in [6.07, 6.45) is 1.57. The van der Waals surface area contributed by atoms with E-state index in [-0.39, 0.29) is 18.4 Å². The van der Waals surface area contributed by atoms with Gasteiger partial charge in [0.2, 0.25) is 0 Å². The summed E-state index contributed by atoms with van der Waals surface area (Å²) >= 11 is 0. The van der Waals surface area contributed by atoms with Crippen molar-refractivity contribution < 1.29 is 14.3 Å². The van der Waals surface area contributed by atoms with E-state index in [1.807, 2.05) is 36.1 Å². The molecule has 2 aliphatic heterocycles. The quantitative estimate of drug-likeness (QED) is 0.626. The molecule has 120 valence electrons. The van der Waals surface area contributed by atoms with E-state index in [0.29, 0.717) is 37.6 Å². The highest BCUT2D eigenvalue weighted by atomic mass is 16.5. The van der Waals surface area contributed by atoms with E-state index in [2.05, 4.69) is 6.58 Å². The predicted molar refractivity (Wildman–Crippen MR) is 87.4 cm³/mol. The van der Waals surface area contributed by atoms with Gasteiger partial charge in [0, 0.05) is 19.6 Å². The van der Waals surface area contributed by atoms with Crippen molar-refractivity contribution in [2.45, 2.75) is 6.92 Å². The van der Waals surface area contributed by atoms with Crippen molar-refractivity contribution >= 4 is 17.4 Å². The summed E-state index contributed by atoms with van der Waals surface area (Å²) in [6.45, 7) is 8.22. The highest BCUT2D eigenvalue weighted by molar-refractivity contribution is 6.35. The first-order valence-corrected chi connectivity index (χ1v) is 7.74. The molecule has 5 nitrogen and oxygen atoms in total. The topological polar surface area (TPSA) is 49.9 Å². The molecular formula is C18H20N2O3. The van der Waals surface area contributed by atoms with Crippen molar-refractivity contribution in [2.24, 2.45) is 0 Å². The molecule has 1 aromatic rings. The average molecular weight is 312 g/mol. The molecule has 2 heterocycles. The number of carbonyl (C=O) groups is 2. The molecule has 0 radical (unpaired) electrons. The summed E-state index contributed by atoms with van der Waals surface area (Å²) in [4.78, 5) is 28.8. The summed E-state index contributed by atoms with van der Waals surface area (Å²) in [7, 11) is 0. The number of imide groups is 1. The fourth-order valence-electron chi connectivity index (χ4n) is 2.92. The second-order valence-corrected chi connectivity index (χ2v) is 5.70. The van der Waals surface area contributed by atoms with Gasteiger partial charge in [0.15, 0.2) is 0 Å². The van der Waals surface area contributed by atoms with E-state index >= 15 is 0 Å². The fraction of sp³-hybridized carbons (Fsp3) is 0.333. The van der Waals surface area contributed by atoms with Gasteiger partial charge in [-0.2, -0.15) is 0 Å². The van der Waals surface area contributed by atoms with Crippen LogP contribution in [0, 0.1) is 6.92 Å². The molecule has 1 fully saturated rings. The number of nitrogens with zero attached hydrogens (tertiary/aromatic N) is 2. The fourth-order valence-corrected chi connectivity index (χ4v) is 2.92. The Morgan fingerprint density at radius 2 is 1.78 bits per heavy atom. The lowest BCUT2D eigenvalue weighted by Crippen LogP contribution is -2.40. The van der Waals surface area contributed by atoms with Crippen LogP contribution in [0.1, 0.15) is 11.1 Å². The number of aryl methyl sites for hydroxylation is 1. The maximum absolute atomic E-state index is 12.8. The number of hydrogen-bond donors (Lipinski definition) is 0. The van der Waals surface area contributed by atoms with Gasteiger partial charge in [0.05, 0.1) is 18.8 Å². The van der Waals surface area contributed by atoms with Crippen molar-refractivity contribution in [1.29, 1.82) is 0 Å². The van der Waals surface area contributed by atoms with Gasteiger partial charge in [-0.15, -0.1) is 6.58 Å². The van der Waals surface area contributed by atoms with Crippen molar-refractivity contribution in [3.63, 3.8) is 0 Å². The van der Waals surface area contributed by atoms with E-state index < -0.39 is 0 Å². The second kappa shape index (κ2) is 6.38. The summed E-state index contributed by atoms with van der Waals surface area (Å²) in [5.74, 6) is -0.493. The zero-order chi connectivity index (χ0) is 16.4. The molecule has 3 rings (SSSR count). The average Bonchev–Trinajstić information content (AvgIpc) is 2.81. The Bertz CT molecular complexity index is 670. The molecule has 0 saturated carbocycles. The third kappa shape index (κ3) is 2.80. The molecule has 1 aromatic carbocycles. The van der Waals surface area contributed by atoms with Crippen LogP contribution in [0.2, 0.25) is 0 Å². The Kier molecular flexibility index (Phi) is 4.30. The lowest BCUT2D eigenvalue weighted by molar-refractivity contribution is -0.137. The predicted octanol–water partition coefficient (Wildman–Crippen LogP) is 1.59. The van der Waals surface area contributed by atoms with Gasteiger partial charge < -0.3 is 9.64 Å². The number of morpholine rings is 1. The number of benzene rings is 1. The lowest BCUT2D eigenvalue weighted by atomic mass is 10.0. The van der Waals surface area contributed by atoms with E-state index in [4.69, 9.17) is 4.74 Å². The summed E-state index contributed by atoms with van der Waals surface area (Å²) in [5.41, 5.74) is 2.87. The lowest BCUT2D eigenvalue weighted by Gasteiger charge is -2.29. The van der Waals surface area contributed by atoms with Crippen molar-refractivity contribution in [2.75, 3.05) is 32.8 Å². The second-order valence-electron chi connectivity index (χ2n) is 5.70. The van der Waals surface area contributed by atoms with Crippen LogP contribution in [-0.4, -0.2) is 54.5 Å². The van der Waals surface area contributed by atoms with Crippen LogP contribution >= 0.6 is 0 Å². The standard InChI is InChI=1S/C18H20N2O3/c1-3-8-20-17(21)15(14-6-4-13(2)5-7-14)16(18(20)22)19-9-11-23-12-10-19/h3-7H,1,8-12H2,2H3. The number of amides is 2. The smallest absolute Gasteiger partial charge is 0.278 e. The molecule has 23 heavy (non-hydrogen) atoms. The van der Waals surface area contributed by atoms with Gasteiger partial charge in [-0.3, -0.25) is 14.5 Å². The number of hydrogen-bond acceptors (Lipinski definition) is 4. The minimum Gasteiger partial charge on any atom is -0.378 e. The molecule has 0 N–H and O–H groups in total. The van der Waals surface area contributed by atoms with Gasteiger partial charge in [-0.25, -0.2) is 0 Å². The first kappa shape index (κ1) is 15.5. The maximum Gasteiger partial charge on any atom is 0.278 e. The highest BCUT2D eigenvalue weighted by Crippen LogP contribution is 2.32. The zero-order valence-corrected chi connectivity index (χ0v) is 13.2. The number of carbonyl (C=O) groups excluding carboxylic acids is 2.